The summed E-state index contributed by atoms with van der Waals surface area (Å²) >= 11 is 0. The normalized spacial score (nSPS) is 15.3. The molecule has 1 aliphatic heterocycles. The van der Waals surface area contributed by atoms with Crippen molar-refractivity contribution in [2.24, 2.45) is 5.92 Å². The third kappa shape index (κ3) is 6.65. The van der Waals surface area contributed by atoms with Gasteiger partial charge in [0.1, 0.15) is 23.2 Å². The second kappa shape index (κ2) is 11.2. The van der Waals surface area contributed by atoms with Gasteiger partial charge in [-0.1, -0.05) is 19.9 Å². The first-order valence-corrected chi connectivity index (χ1v) is 14.4. The number of benzene rings is 1. The number of hydrogen-bond donors (Lipinski definition) is 2. The number of pyridine rings is 2. The number of nitrogen functional groups attached to an aromatic ring is 1. The standard InChI is InChI=1S/C28H34FN5O4S/c1-18(2)17-38-21-15-19(14-20(29)16-21)23-11-10-22(26(31-23)34-13-6-5-12-28(34,3)4)27(35)33-39(36,37)25-9-7-8-24(30)32-25/h7-11,14-16,18H,5-6,12-13,17H2,1-4H3,(H2,30,32)(H,33,35). The highest BCUT2D eigenvalue weighted by Gasteiger charge is 2.34. The number of sulfonamides is 1. The van der Waals surface area contributed by atoms with Crippen molar-refractivity contribution in [2.45, 2.75) is 57.5 Å². The zero-order valence-corrected chi connectivity index (χ0v) is 23.4. The molecule has 9 nitrogen and oxygen atoms in total. The monoisotopic (exact) mass is 555 g/mol. The summed E-state index contributed by atoms with van der Waals surface area (Å²) in [6, 6.07) is 11.6. The molecule has 0 saturated carbocycles. The topological polar surface area (TPSA) is 128 Å². The molecule has 1 saturated heterocycles. The van der Waals surface area contributed by atoms with Gasteiger partial charge in [-0.25, -0.2) is 19.1 Å². The number of nitrogens with zero attached hydrogens (tertiary/aromatic N) is 3. The average molecular weight is 556 g/mol. The van der Waals surface area contributed by atoms with Crippen molar-refractivity contribution in [2.75, 3.05) is 23.8 Å². The highest BCUT2D eigenvalue weighted by atomic mass is 32.2. The Morgan fingerprint density at radius 1 is 1.15 bits per heavy atom. The largest absolute Gasteiger partial charge is 0.493 e. The summed E-state index contributed by atoms with van der Waals surface area (Å²) in [5.41, 5.74) is 6.27. The van der Waals surface area contributed by atoms with Crippen LogP contribution >= 0.6 is 0 Å². The smallest absolute Gasteiger partial charge is 0.281 e. The van der Waals surface area contributed by atoms with E-state index in [-0.39, 0.29) is 27.9 Å². The van der Waals surface area contributed by atoms with Crippen LogP contribution in [0, 0.1) is 11.7 Å². The Labute approximate surface area is 228 Å². The van der Waals surface area contributed by atoms with Crippen LogP contribution in [0.25, 0.3) is 11.3 Å². The van der Waals surface area contributed by atoms with Gasteiger partial charge < -0.3 is 15.4 Å². The van der Waals surface area contributed by atoms with Crippen LogP contribution < -0.4 is 20.1 Å². The van der Waals surface area contributed by atoms with Crippen molar-refractivity contribution in [3.63, 3.8) is 0 Å². The number of carbonyl (C=O) groups excluding carboxylic acids is 1. The molecule has 2 aromatic heterocycles. The summed E-state index contributed by atoms with van der Waals surface area (Å²) < 4.78 is 48.2. The molecule has 0 aliphatic carbocycles. The van der Waals surface area contributed by atoms with Crippen molar-refractivity contribution in [3.8, 4) is 17.0 Å². The van der Waals surface area contributed by atoms with Crippen molar-refractivity contribution in [1.29, 1.82) is 0 Å². The van der Waals surface area contributed by atoms with Gasteiger partial charge in [0.2, 0.25) is 0 Å². The van der Waals surface area contributed by atoms with E-state index in [9.17, 15) is 17.6 Å². The molecule has 0 atom stereocenters. The van der Waals surface area contributed by atoms with Gasteiger partial charge >= 0.3 is 0 Å². The first kappa shape index (κ1) is 28.3. The molecule has 0 spiro atoms. The van der Waals surface area contributed by atoms with Gasteiger partial charge in [-0.15, -0.1) is 0 Å². The average Bonchev–Trinajstić information content (AvgIpc) is 2.86. The molecule has 0 radical (unpaired) electrons. The molecule has 3 heterocycles. The molecule has 3 N–H and O–H groups in total. The molecule has 3 aromatic rings. The zero-order valence-electron chi connectivity index (χ0n) is 22.6. The van der Waals surface area contributed by atoms with Gasteiger partial charge in [0.25, 0.3) is 15.9 Å². The van der Waals surface area contributed by atoms with E-state index < -0.39 is 21.7 Å². The van der Waals surface area contributed by atoms with E-state index in [0.717, 1.165) is 19.3 Å². The van der Waals surface area contributed by atoms with Gasteiger partial charge in [0.15, 0.2) is 5.03 Å². The van der Waals surface area contributed by atoms with Gasteiger partial charge in [-0.3, -0.25) is 4.79 Å². The molecule has 0 unspecified atom stereocenters. The minimum absolute atomic E-state index is 0.0129. The van der Waals surface area contributed by atoms with E-state index in [1.165, 1.54) is 36.4 Å². The lowest BCUT2D eigenvalue weighted by molar-refractivity contribution is 0.0981. The molecule has 1 aromatic carbocycles. The maximum absolute atomic E-state index is 14.5. The molecule has 0 bridgehead atoms. The van der Waals surface area contributed by atoms with Crippen LogP contribution in [0.15, 0.2) is 53.6 Å². The quantitative estimate of drug-likeness (QED) is 0.406. The number of anilines is 2. The number of nitrogens with two attached hydrogens (primary N) is 1. The van der Waals surface area contributed by atoms with Crippen LogP contribution in [-0.2, 0) is 10.0 Å². The number of aromatic nitrogens is 2. The van der Waals surface area contributed by atoms with E-state index >= 15 is 0 Å². The third-order valence-electron chi connectivity index (χ3n) is 6.52. The van der Waals surface area contributed by atoms with Crippen LogP contribution in [0.2, 0.25) is 0 Å². The minimum Gasteiger partial charge on any atom is -0.493 e. The Morgan fingerprint density at radius 2 is 1.92 bits per heavy atom. The molecule has 1 fully saturated rings. The second-order valence-electron chi connectivity index (χ2n) is 10.7. The zero-order chi connectivity index (χ0) is 28.4. The first-order chi connectivity index (χ1) is 18.4. The predicted octanol–water partition coefficient (Wildman–Crippen LogP) is 4.79. The second-order valence-corrected chi connectivity index (χ2v) is 12.3. The summed E-state index contributed by atoms with van der Waals surface area (Å²) in [7, 11) is -4.30. The van der Waals surface area contributed by atoms with Crippen molar-refractivity contribution < 1.29 is 22.3 Å². The van der Waals surface area contributed by atoms with Crippen LogP contribution in [-0.4, -0.2) is 43.0 Å². The molecule has 11 heteroatoms. The number of rotatable bonds is 8. The molecular formula is C28H34FN5O4S. The number of nitrogens with one attached hydrogen (secondary N) is 1. The van der Waals surface area contributed by atoms with Gasteiger partial charge in [0, 0.05) is 23.7 Å². The molecule has 1 amide bonds. The summed E-state index contributed by atoms with van der Waals surface area (Å²) in [5.74, 6) is -0.356. The fourth-order valence-electron chi connectivity index (χ4n) is 4.52. The fourth-order valence-corrected chi connectivity index (χ4v) is 5.46. The predicted molar refractivity (Wildman–Crippen MR) is 149 cm³/mol. The number of ether oxygens (including phenoxy) is 1. The summed E-state index contributed by atoms with van der Waals surface area (Å²) in [6.07, 6.45) is 2.76. The fraction of sp³-hybridized carbons (Fsp3) is 0.393. The highest BCUT2D eigenvalue weighted by Crippen LogP contribution is 2.35. The maximum Gasteiger partial charge on any atom is 0.281 e. The Balaban J connectivity index is 1.76. The molecule has 39 heavy (non-hydrogen) atoms. The number of amides is 1. The molecule has 208 valence electrons. The lowest BCUT2D eigenvalue weighted by atomic mass is 9.90. The molecule has 4 rings (SSSR count). The van der Waals surface area contributed by atoms with Crippen LogP contribution in [0.1, 0.15) is 57.3 Å². The molecule has 1 aliphatic rings. The summed E-state index contributed by atoms with van der Waals surface area (Å²) in [4.78, 5) is 24.0. The van der Waals surface area contributed by atoms with Crippen molar-refractivity contribution >= 4 is 27.6 Å². The number of halogens is 1. The van der Waals surface area contributed by atoms with E-state index in [2.05, 4.69) is 23.6 Å². The van der Waals surface area contributed by atoms with Crippen molar-refractivity contribution in [1.82, 2.24) is 14.7 Å². The molecular weight excluding hydrogens is 521 g/mol. The van der Waals surface area contributed by atoms with Crippen LogP contribution in [0.5, 0.6) is 5.75 Å². The SMILES string of the molecule is CC(C)COc1cc(F)cc(-c2ccc(C(=O)NS(=O)(=O)c3cccc(N)n3)c(N3CCCCC3(C)C)n2)c1. The third-order valence-corrected chi connectivity index (χ3v) is 7.76. The lowest BCUT2D eigenvalue weighted by Gasteiger charge is -2.44. The van der Waals surface area contributed by atoms with E-state index in [4.69, 9.17) is 15.5 Å². The number of hydrogen-bond acceptors (Lipinski definition) is 8. The van der Waals surface area contributed by atoms with E-state index in [1.54, 1.807) is 12.1 Å². The highest BCUT2D eigenvalue weighted by molar-refractivity contribution is 7.90. The lowest BCUT2D eigenvalue weighted by Crippen LogP contribution is -2.49. The van der Waals surface area contributed by atoms with Crippen LogP contribution in [0.4, 0.5) is 16.0 Å². The van der Waals surface area contributed by atoms with Gasteiger partial charge in [-0.2, -0.15) is 8.42 Å². The van der Waals surface area contributed by atoms with Gasteiger partial charge in [-0.05, 0) is 75.4 Å². The Kier molecular flexibility index (Phi) is 8.10. The Bertz CT molecular complexity index is 1480. The van der Waals surface area contributed by atoms with E-state index in [1.807, 2.05) is 18.7 Å². The minimum atomic E-state index is -4.30. The van der Waals surface area contributed by atoms with Crippen LogP contribution in [0.3, 0.4) is 0 Å². The number of piperidine rings is 1. The summed E-state index contributed by atoms with van der Waals surface area (Å²) in [5, 5.41) is -0.367. The Hall–Kier alpha value is -3.73. The van der Waals surface area contributed by atoms with Gasteiger partial charge in [0.05, 0.1) is 17.9 Å². The first-order valence-electron chi connectivity index (χ1n) is 12.9. The summed E-state index contributed by atoms with van der Waals surface area (Å²) in [6.45, 7) is 9.16. The van der Waals surface area contributed by atoms with E-state index in [0.29, 0.717) is 36.0 Å². The Morgan fingerprint density at radius 3 is 2.62 bits per heavy atom. The number of carbonyl (C=O) groups is 1. The maximum atomic E-state index is 14.5. The van der Waals surface area contributed by atoms with Crippen molar-refractivity contribution in [3.05, 3.63) is 59.9 Å².